The maximum Gasteiger partial charge on any atom is 0.166 e. The molecule has 0 amide bonds. The number of fused-ring (bicyclic) bond motifs is 4. The Labute approximate surface area is 209 Å². The summed E-state index contributed by atoms with van der Waals surface area (Å²) < 4.78 is 12.6. The van der Waals surface area contributed by atoms with Crippen molar-refractivity contribution in [2.75, 3.05) is 19.4 Å². The maximum atomic E-state index is 13.0. The first-order valence-corrected chi connectivity index (χ1v) is 12.8. The fraction of sp³-hybridized carbons (Fsp3) is 0.333. The number of hydrogen-bond acceptors (Lipinski definition) is 5. The zero-order valence-corrected chi connectivity index (χ0v) is 20.3. The molecule has 4 N–H and O–H groups in total. The Hall–Kier alpha value is -3.48. The number of piperidine rings is 1. The van der Waals surface area contributed by atoms with Crippen LogP contribution in [0.1, 0.15) is 40.5 Å². The Balaban J connectivity index is 1.37. The van der Waals surface area contributed by atoms with Crippen LogP contribution in [-0.2, 0) is 24.8 Å². The lowest BCUT2D eigenvalue weighted by molar-refractivity contribution is -0.174. The van der Waals surface area contributed by atoms with Gasteiger partial charge in [-0.1, -0.05) is 36.4 Å². The van der Waals surface area contributed by atoms with Gasteiger partial charge in [-0.2, -0.15) is 0 Å². The molecule has 36 heavy (non-hydrogen) atoms. The average molecular weight is 480 g/mol. The lowest BCUT2D eigenvalue weighted by Gasteiger charge is -2.62. The van der Waals surface area contributed by atoms with Crippen molar-refractivity contribution >= 4 is 16.6 Å². The molecule has 0 radical (unpaired) electrons. The van der Waals surface area contributed by atoms with E-state index in [1.54, 1.807) is 7.11 Å². The number of nitrogen functional groups attached to an aromatic ring is 1. The van der Waals surface area contributed by atoms with E-state index in [4.69, 9.17) is 15.2 Å². The lowest BCUT2D eigenvalue weighted by Crippen LogP contribution is -2.74. The molecule has 1 saturated heterocycles. The fourth-order valence-corrected chi connectivity index (χ4v) is 7.95. The number of anilines is 1. The number of aromatic amines is 1. The van der Waals surface area contributed by atoms with E-state index in [2.05, 4.69) is 46.3 Å². The largest absolute Gasteiger partial charge is 0.493 e. The first kappa shape index (κ1) is 20.7. The minimum Gasteiger partial charge on any atom is -0.493 e. The first-order valence-electron chi connectivity index (χ1n) is 12.8. The van der Waals surface area contributed by atoms with Gasteiger partial charge in [-0.15, -0.1) is 0 Å². The number of nitrogens with two attached hydrogens (primary N) is 1. The summed E-state index contributed by atoms with van der Waals surface area (Å²) in [6.07, 6.45) is 1.87. The fourth-order valence-electron chi connectivity index (χ4n) is 7.95. The van der Waals surface area contributed by atoms with Crippen molar-refractivity contribution in [1.29, 1.82) is 0 Å². The van der Waals surface area contributed by atoms with Crippen LogP contribution in [0, 0.1) is 0 Å². The quantitative estimate of drug-likeness (QED) is 0.383. The van der Waals surface area contributed by atoms with Crippen molar-refractivity contribution in [2.24, 2.45) is 0 Å². The average Bonchev–Trinajstić information content (AvgIpc) is 3.41. The minimum absolute atomic E-state index is 0.0245. The van der Waals surface area contributed by atoms with Crippen molar-refractivity contribution < 1.29 is 14.6 Å². The van der Waals surface area contributed by atoms with Gasteiger partial charge in [-0.25, -0.2) is 0 Å². The molecule has 2 bridgehead atoms. The van der Waals surface area contributed by atoms with Crippen LogP contribution in [0.2, 0.25) is 0 Å². The van der Waals surface area contributed by atoms with E-state index >= 15 is 0 Å². The number of methoxy groups -OCH3 is 1. The molecule has 3 heterocycles. The Kier molecular flexibility index (Phi) is 3.93. The highest BCUT2D eigenvalue weighted by atomic mass is 16.5. The molecule has 0 unspecified atom stereocenters. The normalized spacial score (nSPS) is 29.5. The van der Waals surface area contributed by atoms with Gasteiger partial charge in [0.25, 0.3) is 0 Å². The number of likely N-dealkylation sites (tertiary alicyclic amines) is 1. The van der Waals surface area contributed by atoms with Gasteiger partial charge in [0.2, 0.25) is 0 Å². The predicted octanol–water partition coefficient (Wildman–Crippen LogP) is 4.25. The molecule has 2 aliphatic heterocycles. The Morgan fingerprint density at radius 2 is 2.03 bits per heavy atom. The third-order valence-corrected chi connectivity index (χ3v) is 9.43. The third kappa shape index (κ3) is 2.34. The lowest BCUT2D eigenvalue weighted by atomic mass is 9.49. The third-order valence-electron chi connectivity index (χ3n) is 9.43. The maximum absolute atomic E-state index is 13.0. The van der Waals surface area contributed by atoms with E-state index in [-0.39, 0.29) is 12.1 Å². The van der Waals surface area contributed by atoms with Gasteiger partial charge in [0.15, 0.2) is 17.6 Å². The van der Waals surface area contributed by atoms with Crippen molar-refractivity contribution in [3.05, 3.63) is 88.6 Å². The number of ether oxygens (including phenoxy) is 2. The monoisotopic (exact) mass is 479 g/mol. The van der Waals surface area contributed by atoms with E-state index in [0.29, 0.717) is 6.42 Å². The number of nitrogens with one attached hydrogen (secondary N) is 1. The standard InChI is InChI=1S/C30H29N3O3/c1-35-23-10-7-18-13-24-30(34)15-21-20-14-19(31)8-9-22(20)32-26(21)28-29(30,25(18)27(23)36-28)11-12-33(24)16-17-5-3-2-4-6-17/h2-10,14,24,28,32,34H,11-13,15-16,31H2,1H3/t24-,28+,29+,30-/m1/s1. The Morgan fingerprint density at radius 3 is 2.86 bits per heavy atom. The SMILES string of the molecule is COc1ccc2c3c1O[C@H]1c4[nH]c5ccc(N)cc5c4C[C@@]4(O)[C@@H](C2)N(Cc2ccccc2)CC[C@]314. The van der Waals surface area contributed by atoms with Crippen LogP contribution in [0.4, 0.5) is 5.69 Å². The predicted molar refractivity (Wildman–Crippen MR) is 138 cm³/mol. The molecular formula is C30H29N3O3. The summed E-state index contributed by atoms with van der Waals surface area (Å²) >= 11 is 0. The molecular weight excluding hydrogens is 450 g/mol. The Morgan fingerprint density at radius 1 is 1.17 bits per heavy atom. The zero-order valence-electron chi connectivity index (χ0n) is 20.3. The van der Waals surface area contributed by atoms with Gasteiger partial charge in [0, 0.05) is 47.7 Å². The first-order chi connectivity index (χ1) is 17.5. The van der Waals surface area contributed by atoms with Crippen LogP contribution in [-0.4, -0.2) is 40.3 Å². The molecule has 6 heteroatoms. The molecule has 3 aromatic carbocycles. The van der Waals surface area contributed by atoms with E-state index in [1.807, 2.05) is 24.3 Å². The van der Waals surface area contributed by atoms with E-state index in [1.165, 1.54) is 11.1 Å². The zero-order chi connectivity index (χ0) is 24.2. The molecule has 6 nitrogen and oxygen atoms in total. The van der Waals surface area contributed by atoms with Crippen molar-refractivity contribution in [2.45, 2.75) is 49.0 Å². The molecule has 8 rings (SSSR count). The van der Waals surface area contributed by atoms with Crippen molar-refractivity contribution in [1.82, 2.24) is 9.88 Å². The second-order valence-corrected chi connectivity index (χ2v) is 10.9. The van der Waals surface area contributed by atoms with Gasteiger partial charge in [0.1, 0.15) is 0 Å². The summed E-state index contributed by atoms with van der Waals surface area (Å²) in [7, 11) is 1.69. The van der Waals surface area contributed by atoms with Gasteiger partial charge >= 0.3 is 0 Å². The highest BCUT2D eigenvalue weighted by Crippen LogP contribution is 2.69. The van der Waals surface area contributed by atoms with Crippen LogP contribution in [0.25, 0.3) is 10.9 Å². The number of H-pyrrole nitrogens is 1. The summed E-state index contributed by atoms with van der Waals surface area (Å²) in [6, 6.07) is 20.8. The van der Waals surface area contributed by atoms with Gasteiger partial charge in [0.05, 0.1) is 23.8 Å². The van der Waals surface area contributed by atoms with Gasteiger partial charge in [-0.05, 0) is 53.8 Å². The topological polar surface area (TPSA) is 83.7 Å². The van der Waals surface area contributed by atoms with E-state index in [0.717, 1.165) is 70.8 Å². The molecule has 4 aromatic rings. The van der Waals surface area contributed by atoms with E-state index < -0.39 is 11.0 Å². The molecule has 1 fully saturated rings. The van der Waals surface area contributed by atoms with Crippen LogP contribution < -0.4 is 15.2 Å². The number of nitrogens with zero attached hydrogens (tertiary/aromatic N) is 1. The molecule has 1 spiro atoms. The van der Waals surface area contributed by atoms with Gasteiger partial charge in [-0.3, -0.25) is 4.90 Å². The molecule has 2 aliphatic carbocycles. The summed E-state index contributed by atoms with van der Waals surface area (Å²) in [5, 5.41) is 14.1. The van der Waals surface area contributed by atoms with Crippen molar-refractivity contribution in [3.8, 4) is 11.5 Å². The summed E-state index contributed by atoms with van der Waals surface area (Å²) in [5.74, 6) is 1.55. The van der Waals surface area contributed by atoms with Gasteiger partial charge < -0.3 is 25.3 Å². The summed E-state index contributed by atoms with van der Waals surface area (Å²) in [5.41, 5.74) is 12.4. The number of hydrogen-bond donors (Lipinski definition) is 3. The molecule has 182 valence electrons. The smallest absolute Gasteiger partial charge is 0.166 e. The Bertz CT molecular complexity index is 1550. The number of aromatic nitrogens is 1. The summed E-state index contributed by atoms with van der Waals surface area (Å²) in [4.78, 5) is 6.17. The number of benzene rings is 3. The highest BCUT2D eigenvalue weighted by molar-refractivity contribution is 5.88. The summed E-state index contributed by atoms with van der Waals surface area (Å²) in [6.45, 7) is 1.72. The second-order valence-electron chi connectivity index (χ2n) is 10.9. The van der Waals surface area contributed by atoms with Crippen LogP contribution in [0.15, 0.2) is 60.7 Å². The molecule has 4 atom stereocenters. The molecule has 1 aromatic heterocycles. The van der Waals surface area contributed by atoms with Crippen LogP contribution in [0.5, 0.6) is 11.5 Å². The van der Waals surface area contributed by atoms with Crippen LogP contribution in [0.3, 0.4) is 0 Å². The number of rotatable bonds is 3. The van der Waals surface area contributed by atoms with Crippen LogP contribution >= 0.6 is 0 Å². The number of aliphatic hydroxyl groups is 1. The van der Waals surface area contributed by atoms with Crippen molar-refractivity contribution in [3.63, 3.8) is 0 Å². The van der Waals surface area contributed by atoms with E-state index in [9.17, 15) is 5.11 Å². The molecule has 4 aliphatic rings. The second kappa shape index (κ2) is 6.84. The highest BCUT2D eigenvalue weighted by Gasteiger charge is 2.72. The molecule has 0 saturated carbocycles. The minimum atomic E-state index is -0.984.